The maximum atomic E-state index is 12.1. The van der Waals surface area contributed by atoms with Crippen LogP contribution in [0.4, 0.5) is 0 Å². The number of esters is 1. The van der Waals surface area contributed by atoms with Gasteiger partial charge in [-0.05, 0) is 44.9 Å². The van der Waals surface area contributed by atoms with Gasteiger partial charge in [-0.2, -0.15) is 5.06 Å². The first kappa shape index (κ1) is 38.2. The molecule has 0 saturated heterocycles. The maximum absolute atomic E-state index is 12.1. The number of hydrogen-bond acceptors (Lipinski definition) is 6. The number of carbonyl (C=O) groups excluding carboxylic acids is 2. The van der Waals surface area contributed by atoms with Crippen molar-refractivity contribution in [3.05, 3.63) is 0 Å². The fraction of sp³-hybridized carbons (Fsp3) is 0.935. The van der Waals surface area contributed by atoms with E-state index in [2.05, 4.69) is 20.8 Å². The molecule has 0 radical (unpaired) electrons. The van der Waals surface area contributed by atoms with E-state index in [4.69, 9.17) is 9.47 Å². The number of aldehydes is 1. The zero-order chi connectivity index (χ0) is 27.8. The number of ether oxygens (including phenoxy) is 2. The second-order valence-electron chi connectivity index (χ2n) is 10.3. The normalized spacial score (nSPS) is 11.0. The fourth-order valence-corrected chi connectivity index (χ4v) is 4.13. The van der Waals surface area contributed by atoms with E-state index in [1.807, 2.05) is 0 Å². The van der Waals surface area contributed by atoms with Gasteiger partial charge in [-0.1, -0.05) is 97.8 Å². The van der Waals surface area contributed by atoms with Gasteiger partial charge in [0.25, 0.3) is 0 Å². The molecule has 0 amide bonds. The Bertz CT molecular complexity index is 449. The fourth-order valence-electron chi connectivity index (χ4n) is 4.13. The van der Waals surface area contributed by atoms with Gasteiger partial charge in [-0.15, -0.1) is 0 Å². The molecule has 0 aromatic heterocycles. The Morgan fingerprint density at radius 2 is 1.24 bits per heavy atom. The molecule has 0 aliphatic carbocycles. The SMILES string of the molecule is CCCCC(CCCC)OC(=O)CCCCCCCN(O)CCCCCCCC=O.CCCCCOC. The summed E-state index contributed by atoms with van der Waals surface area (Å²) >= 11 is 0. The second kappa shape index (κ2) is 33.0. The van der Waals surface area contributed by atoms with Crippen LogP contribution >= 0.6 is 0 Å². The number of carbonyl (C=O) groups is 2. The van der Waals surface area contributed by atoms with E-state index in [1.165, 1.54) is 24.3 Å². The Kier molecular flexibility index (Phi) is 34.1. The largest absolute Gasteiger partial charge is 0.462 e. The standard InChI is InChI=1S/C25H49NO4.C6H14O/c1-3-5-18-24(19-6-4-2)30-25(28)20-14-10-9-12-16-22-26(29)21-15-11-7-8-13-17-23-27;1-3-4-5-6-7-2/h23-24,29H,3-22H2,1-2H3;3-6H2,1-2H3. The Labute approximate surface area is 230 Å². The van der Waals surface area contributed by atoms with Crippen LogP contribution in [0.2, 0.25) is 0 Å². The van der Waals surface area contributed by atoms with Gasteiger partial charge in [0.05, 0.1) is 0 Å². The Morgan fingerprint density at radius 3 is 1.76 bits per heavy atom. The van der Waals surface area contributed by atoms with Crippen molar-refractivity contribution >= 4 is 12.3 Å². The highest BCUT2D eigenvalue weighted by Gasteiger charge is 2.13. The minimum atomic E-state index is -0.0279. The molecule has 0 heterocycles. The predicted octanol–water partition coefficient (Wildman–Crippen LogP) is 8.67. The predicted molar refractivity (Wildman–Crippen MR) is 155 cm³/mol. The minimum Gasteiger partial charge on any atom is -0.462 e. The van der Waals surface area contributed by atoms with Gasteiger partial charge in [0.1, 0.15) is 12.4 Å². The quantitative estimate of drug-likeness (QED) is 0.0496. The highest BCUT2D eigenvalue weighted by atomic mass is 16.5. The van der Waals surface area contributed by atoms with Crippen LogP contribution < -0.4 is 0 Å². The van der Waals surface area contributed by atoms with E-state index in [0.717, 1.165) is 129 Å². The molecule has 0 aromatic carbocycles. The molecule has 37 heavy (non-hydrogen) atoms. The molecule has 0 fully saturated rings. The van der Waals surface area contributed by atoms with Crippen LogP contribution in [0.3, 0.4) is 0 Å². The van der Waals surface area contributed by atoms with Crippen molar-refractivity contribution in [2.24, 2.45) is 0 Å². The molecule has 0 spiro atoms. The number of methoxy groups -OCH3 is 1. The first-order valence-corrected chi connectivity index (χ1v) is 15.6. The molecular formula is C31H63NO5. The first-order chi connectivity index (χ1) is 18.0. The summed E-state index contributed by atoms with van der Waals surface area (Å²) in [6, 6.07) is 0. The molecule has 0 aliphatic rings. The number of unbranched alkanes of at least 4 members (excludes halogenated alkanes) is 13. The van der Waals surface area contributed by atoms with E-state index in [0.29, 0.717) is 12.8 Å². The number of hydroxylamine groups is 2. The van der Waals surface area contributed by atoms with E-state index < -0.39 is 0 Å². The summed E-state index contributed by atoms with van der Waals surface area (Å²) in [5, 5.41) is 11.3. The molecule has 0 atom stereocenters. The highest BCUT2D eigenvalue weighted by Crippen LogP contribution is 2.15. The van der Waals surface area contributed by atoms with Crippen molar-refractivity contribution in [3.63, 3.8) is 0 Å². The monoisotopic (exact) mass is 529 g/mol. The molecular weight excluding hydrogens is 466 g/mol. The van der Waals surface area contributed by atoms with Crippen molar-refractivity contribution in [1.82, 2.24) is 5.06 Å². The van der Waals surface area contributed by atoms with Crippen molar-refractivity contribution < 1.29 is 24.3 Å². The average Bonchev–Trinajstić information content (AvgIpc) is 2.89. The maximum Gasteiger partial charge on any atom is 0.306 e. The molecule has 0 saturated carbocycles. The van der Waals surface area contributed by atoms with Crippen LogP contribution in [0.15, 0.2) is 0 Å². The third-order valence-electron chi connectivity index (χ3n) is 6.54. The molecule has 0 aromatic rings. The molecule has 0 rings (SSSR count). The van der Waals surface area contributed by atoms with Crippen molar-refractivity contribution in [1.29, 1.82) is 0 Å². The van der Waals surface area contributed by atoms with Crippen molar-refractivity contribution in [3.8, 4) is 0 Å². The summed E-state index contributed by atoms with van der Waals surface area (Å²) < 4.78 is 10.5. The van der Waals surface area contributed by atoms with Crippen LogP contribution in [0.5, 0.6) is 0 Å². The summed E-state index contributed by atoms with van der Waals surface area (Å²) in [7, 11) is 1.75. The molecule has 0 bridgehead atoms. The van der Waals surface area contributed by atoms with Gasteiger partial charge >= 0.3 is 5.97 Å². The zero-order valence-corrected chi connectivity index (χ0v) is 25.2. The Morgan fingerprint density at radius 1 is 0.730 bits per heavy atom. The lowest BCUT2D eigenvalue weighted by Gasteiger charge is -2.17. The molecule has 1 N–H and O–H groups in total. The molecule has 0 unspecified atom stereocenters. The lowest BCUT2D eigenvalue weighted by molar-refractivity contribution is -0.150. The van der Waals surface area contributed by atoms with Crippen LogP contribution in [0, 0.1) is 0 Å². The van der Waals surface area contributed by atoms with E-state index in [-0.39, 0.29) is 12.1 Å². The molecule has 6 nitrogen and oxygen atoms in total. The second-order valence-corrected chi connectivity index (χ2v) is 10.3. The molecule has 0 aliphatic heterocycles. The van der Waals surface area contributed by atoms with E-state index in [1.54, 1.807) is 7.11 Å². The third kappa shape index (κ3) is 33.0. The van der Waals surface area contributed by atoms with Gasteiger partial charge in [-0.25, -0.2) is 0 Å². The number of nitrogens with zero attached hydrogens (tertiary/aromatic N) is 1. The Hall–Kier alpha value is -0.980. The van der Waals surface area contributed by atoms with Gasteiger partial charge in [0.15, 0.2) is 0 Å². The van der Waals surface area contributed by atoms with Crippen molar-refractivity contribution in [2.75, 3.05) is 26.8 Å². The van der Waals surface area contributed by atoms with Crippen LogP contribution in [-0.4, -0.2) is 55.4 Å². The highest BCUT2D eigenvalue weighted by molar-refractivity contribution is 5.69. The minimum absolute atomic E-state index is 0.0279. The van der Waals surface area contributed by atoms with E-state index >= 15 is 0 Å². The summed E-state index contributed by atoms with van der Waals surface area (Å²) in [5.74, 6) is -0.0279. The van der Waals surface area contributed by atoms with Gasteiger partial charge in [0, 0.05) is 39.6 Å². The topological polar surface area (TPSA) is 76.1 Å². The summed E-state index contributed by atoms with van der Waals surface area (Å²) in [4.78, 5) is 22.3. The molecule has 6 heteroatoms. The summed E-state index contributed by atoms with van der Waals surface area (Å²) in [6.07, 6.45) is 23.2. The van der Waals surface area contributed by atoms with E-state index in [9.17, 15) is 14.8 Å². The number of hydrogen-bond donors (Lipinski definition) is 1. The summed E-state index contributed by atoms with van der Waals surface area (Å²) in [6.45, 7) is 8.92. The van der Waals surface area contributed by atoms with Gasteiger partial charge in [-0.3, -0.25) is 4.79 Å². The number of rotatable bonds is 27. The van der Waals surface area contributed by atoms with Crippen LogP contribution in [0.1, 0.15) is 156 Å². The zero-order valence-electron chi connectivity index (χ0n) is 25.2. The lowest BCUT2D eigenvalue weighted by atomic mass is 10.1. The first-order valence-electron chi connectivity index (χ1n) is 15.6. The smallest absolute Gasteiger partial charge is 0.306 e. The lowest BCUT2D eigenvalue weighted by Crippen LogP contribution is -2.21. The summed E-state index contributed by atoms with van der Waals surface area (Å²) in [5.41, 5.74) is 0. The van der Waals surface area contributed by atoms with Crippen molar-refractivity contribution in [2.45, 2.75) is 162 Å². The van der Waals surface area contributed by atoms with Crippen LogP contribution in [0.25, 0.3) is 0 Å². The van der Waals surface area contributed by atoms with Gasteiger partial charge < -0.3 is 19.5 Å². The molecule has 222 valence electrons. The average molecular weight is 530 g/mol. The van der Waals surface area contributed by atoms with Gasteiger partial charge in [0.2, 0.25) is 0 Å². The van der Waals surface area contributed by atoms with Crippen LogP contribution in [-0.2, 0) is 19.1 Å². The Balaban J connectivity index is 0. The third-order valence-corrected chi connectivity index (χ3v) is 6.54.